The van der Waals surface area contributed by atoms with Gasteiger partial charge in [0.1, 0.15) is 5.75 Å². The minimum atomic E-state index is -0.141. The number of nitrogens with one attached hydrogen (secondary N) is 1. The van der Waals surface area contributed by atoms with E-state index in [-0.39, 0.29) is 24.5 Å². The number of hydrogen-bond donors (Lipinski definition) is 1. The van der Waals surface area contributed by atoms with Gasteiger partial charge in [0.05, 0.1) is 18.3 Å². The molecule has 1 aliphatic heterocycles. The zero-order valence-corrected chi connectivity index (χ0v) is 17.1. The van der Waals surface area contributed by atoms with Crippen molar-refractivity contribution in [1.82, 2.24) is 5.32 Å². The molecule has 5 heteroatoms. The second-order valence-corrected chi connectivity index (χ2v) is 7.55. The zero-order valence-electron chi connectivity index (χ0n) is 17.1. The standard InChI is InChI=1S/C25H24N2O3/c1-17-11-12-23-22(13-17)27(24(28)16-30-23)15-19-7-6-10-21(14-19)25(29)26-18(2)20-8-4-3-5-9-20/h3-14,18H,15-16H2,1-2H3,(H,26,29)/t18-/m1/s1. The van der Waals surface area contributed by atoms with E-state index in [0.717, 1.165) is 22.4 Å². The lowest BCUT2D eigenvalue weighted by Crippen LogP contribution is -2.38. The lowest BCUT2D eigenvalue weighted by molar-refractivity contribution is -0.121. The van der Waals surface area contributed by atoms with Crippen molar-refractivity contribution >= 4 is 17.5 Å². The van der Waals surface area contributed by atoms with Crippen LogP contribution in [-0.2, 0) is 11.3 Å². The molecule has 1 N–H and O–H groups in total. The molecule has 0 radical (unpaired) electrons. The summed E-state index contributed by atoms with van der Waals surface area (Å²) in [5.41, 5.74) is 4.32. The third-order valence-electron chi connectivity index (χ3n) is 5.23. The minimum Gasteiger partial charge on any atom is -0.482 e. The maximum absolute atomic E-state index is 12.8. The van der Waals surface area contributed by atoms with E-state index >= 15 is 0 Å². The maximum atomic E-state index is 12.8. The van der Waals surface area contributed by atoms with Crippen LogP contribution in [0, 0.1) is 6.92 Å². The summed E-state index contributed by atoms with van der Waals surface area (Å²) in [4.78, 5) is 27.0. The predicted octanol–water partition coefficient (Wildman–Crippen LogP) is 4.41. The molecule has 30 heavy (non-hydrogen) atoms. The molecule has 3 aromatic rings. The average molecular weight is 400 g/mol. The van der Waals surface area contributed by atoms with Gasteiger partial charge in [-0.25, -0.2) is 0 Å². The van der Waals surface area contributed by atoms with Crippen LogP contribution in [0.2, 0.25) is 0 Å². The van der Waals surface area contributed by atoms with Crippen LogP contribution in [0.5, 0.6) is 5.75 Å². The Bertz CT molecular complexity index is 1080. The van der Waals surface area contributed by atoms with Crippen LogP contribution in [0.25, 0.3) is 0 Å². The molecule has 5 nitrogen and oxygen atoms in total. The lowest BCUT2D eigenvalue weighted by Gasteiger charge is -2.30. The van der Waals surface area contributed by atoms with E-state index in [1.54, 1.807) is 11.0 Å². The summed E-state index contributed by atoms with van der Waals surface area (Å²) >= 11 is 0. The Hall–Kier alpha value is -3.60. The van der Waals surface area contributed by atoms with E-state index in [9.17, 15) is 9.59 Å². The van der Waals surface area contributed by atoms with Crippen LogP contribution >= 0.6 is 0 Å². The number of fused-ring (bicyclic) bond motifs is 1. The van der Waals surface area contributed by atoms with Gasteiger partial charge in [-0.3, -0.25) is 9.59 Å². The van der Waals surface area contributed by atoms with Crippen molar-refractivity contribution in [2.45, 2.75) is 26.4 Å². The molecule has 2 amide bonds. The van der Waals surface area contributed by atoms with Gasteiger partial charge >= 0.3 is 0 Å². The highest BCUT2D eigenvalue weighted by Crippen LogP contribution is 2.33. The van der Waals surface area contributed by atoms with Crippen LogP contribution in [-0.4, -0.2) is 18.4 Å². The smallest absolute Gasteiger partial charge is 0.265 e. The second kappa shape index (κ2) is 8.41. The van der Waals surface area contributed by atoms with Crippen molar-refractivity contribution in [3.05, 3.63) is 95.1 Å². The number of carbonyl (C=O) groups is 2. The monoisotopic (exact) mass is 400 g/mol. The Balaban J connectivity index is 1.52. The molecule has 0 aliphatic carbocycles. The van der Waals surface area contributed by atoms with Gasteiger partial charge in [-0.1, -0.05) is 48.5 Å². The topological polar surface area (TPSA) is 58.6 Å². The van der Waals surface area contributed by atoms with Gasteiger partial charge in [0.15, 0.2) is 6.61 Å². The quantitative estimate of drug-likeness (QED) is 0.690. The Morgan fingerprint density at radius 1 is 1.07 bits per heavy atom. The number of anilines is 1. The number of rotatable bonds is 5. The molecule has 4 rings (SSSR count). The summed E-state index contributed by atoms with van der Waals surface area (Å²) in [6, 6.07) is 22.9. The van der Waals surface area contributed by atoms with Crippen molar-refractivity contribution in [1.29, 1.82) is 0 Å². The fraction of sp³-hybridized carbons (Fsp3) is 0.200. The molecule has 0 saturated heterocycles. The van der Waals surface area contributed by atoms with E-state index in [2.05, 4.69) is 5.32 Å². The summed E-state index contributed by atoms with van der Waals surface area (Å²) in [5.74, 6) is 0.462. The number of nitrogens with zero attached hydrogens (tertiary/aromatic N) is 1. The molecular formula is C25H24N2O3. The van der Waals surface area contributed by atoms with Crippen molar-refractivity contribution < 1.29 is 14.3 Å². The number of carbonyl (C=O) groups excluding carboxylic acids is 2. The van der Waals surface area contributed by atoms with Gasteiger partial charge in [-0.05, 0) is 54.8 Å². The highest BCUT2D eigenvalue weighted by atomic mass is 16.5. The van der Waals surface area contributed by atoms with Gasteiger partial charge in [-0.2, -0.15) is 0 Å². The largest absolute Gasteiger partial charge is 0.482 e. The average Bonchev–Trinajstić information content (AvgIpc) is 2.76. The Labute approximate surface area is 176 Å². The van der Waals surface area contributed by atoms with Crippen molar-refractivity contribution in [3.8, 4) is 5.75 Å². The van der Waals surface area contributed by atoms with E-state index in [1.165, 1.54) is 0 Å². The molecule has 0 spiro atoms. The SMILES string of the molecule is Cc1ccc2c(c1)N(Cc1cccc(C(=O)N[C@H](C)c3ccccc3)c1)C(=O)CO2. The number of aryl methyl sites for hydroxylation is 1. The van der Waals surface area contributed by atoms with Gasteiger partial charge in [-0.15, -0.1) is 0 Å². The molecule has 1 atom stereocenters. The minimum absolute atomic E-state index is 0.0187. The first-order chi connectivity index (χ1) is 14.5. The van der Waals surface area contributed by atoms with Gasteiger partial charge < -0.3 is 15.0 Å². The lowest BCUT2D eigenvalue weighted by atomic mass is 10.1. The van der Waals surface area contributed by atoms with Gasteiger partial charge in [0.2, 0.25) is 0 Å². The molecule has 0 aromatic heterocycles. The first kappa shape index (κ1) is 19.7. The fourth-order valence-corrected chi connectivity index (χ4v) is 3.58. The molecular weight excluding hydrogens is 376 g/mol. The molecule has 1 heterocycles. The third-order valence-corrected chi connectivity index (χ3v) is 5.23. The second-order valence-electron chi connectivity index (χ2n) is 7.55. The van der Waals surface area contributed by atoms with Crippen LogP contribution in [0.1, 0.15) is 40.0 Å². The van der Waals surface area contributed by atoms with E-state index < -0.39 is 0 Å². The number of hydrogen-bond acceptors (Lipinski definition) is 3. The molecule has 1 aliphatic rings. The number of benzene rings is 3. The van der Waals surface area contributed by atoms with Gasteiger partial charge in [0.25, 0.3) is 11.8 Å². The molecule has 3 aromatic carbocycles. The third kappa shape index (κ3) is 4.20. The number of ether oxygens (including phenoxy) is 1. The summed E-state index contributed by atoms with van der Waals surface area (Å²) in [5, 5.41) is 3.04. The van der Waals surface area contributed by atoms with E-state index in [4.69, 9.17) is 4.74 Å². The summed E-state index contributed by atoms with van der Waals surface area (Å²) in [6.45, 7) is 4.35. The first-order valence-corrected chi connectivity index (χ1v) is 10.00. The Morgan fingerprint density at radius 2 is 1.87 bits per heavy atom. The molecule has 152 valence electrons. The predicted molar refractivity (Wildman–Crippen MR) is 117 cm³/mol. The normalized spacial score (nSPS) is 13.9. The Kier molecular flexibility index (Phi) is 5.53. The van der Waals surface area contributed by atoms with Crippen LogP contribution in [0.3, 0.4) is 0 Å². The first-order valence-electron chi connectivity index (χ1n) is 10.00. The maximum Gasteiger partial charge on any atom is 0.265 e. The Morgan fingerprint density at radius 3 is 2.67 bits per heavy atom. The number of amides is 2. The highest BCUT2D eigenvalue weighted by Gasteiger charge is 2.26. The zero-order chi connectivity index (χ0) is 21.1. The molecule has 0 saturated carbocycles. The van der Waals surface area contributed by atoms with Crippen LogP contribution in [0.15, 0.2) is 72.8 Å². The van der Waals surface area contributed by atoms with Crippen molar-refractivity contribution in [2.75, 3.05) is 11.5 Å². The van der Waals surface area contributed by atoms with E-state index in [0.29, 0.717) is 17.9 Å². The molecule has 0 fully saturated rings. The van der Waals surface area contributed by atoms with Crippen molar-refractivity contribution in [2.24, 2.45) is 0 Å². The molecule has 0 unspecified atom stereocenters. The van der Waals surface area contributed by atoms with E-state index in [1.807, 2.05) is 80.6 Å². The highest BCUT2D eigenvalue weighted by molar-refractivity contribution is 5.98. The van der Waals surface area contributed by atoms with Gasteiger partial charge in [0, 0.05) is 5.56 Å². The fourth-order valence-electron chi connectivity index (χ4n) is 3.58. The van der Waals surface area contributed by atoms with Crippen LogP contribution in [0.4, 0.5) is 5.69 Å². The summed E-state index contributed by atoms with van der Waals surface area (Å²) in [6.07, 6.45) is 0. The molecule has 0 bridgehead atoms. The summed E-state index contributed by atoms with van der Waals surface area (Å²) in [7, 11) is 0. The van der Waals surface area contributed by atoms with Crippen LogP contribution < -0.4 is 15.0 Å². The summed E-state index contributed by atoms with van der Waals surface area (Å²) < 4.78 is 5.55. The van der Waals surface area contributed by atoms with Crippen molar-refractivity contribution in [3.63, 3.8) is 0 Å².